The Balaban J connectivity index is 3.30. The Hall–Kier alpha value is -1.22. The van der Waals surface area contributed by atoms with Crippen LogP contribution in [0.2, 0.25) is 0 Å². The number of hydrogen-bond acceptors (Lipinski definition) is 3. The molecule has 1 aromatic carbocycles. The molecule has 0 aliphatic rings. The van der Waals surface area contributed by atoms with Crippen molar-refractivity contribution in [3.8, 4) is 5.75 Å². The summed E-state index contributed by atoms with van der Waals surface area (Å²) in [6.45, 7) is 6.83. The van der Waals surface area contributed by atoms with Gasteiger partial charge >= 0.3 is 0 Å². The topological polar surface area (TPSA) is 21.7 Å². The van der Waals surface area contributed by atoms with Crippen molar-refractivity contribution >= 4 is 5.69 Å². The fraction of sp³-hybridized carbons (Fsp3) is 0.538. The van der Waals surface area contributed by atoms with Crippen molar-refractivity contribution in [3.05, 3.63) is 22.8 Å². The SMILES string of the molecule is COCN(C)c1c(C)cc(C)c(C)c1OC. The van der Waals surface area contributed by atoms with Crippen LogP contribution in [0.1, 0.15) is 16.7 Å². The highest BCUT2D eigenvalue weighted by Crippen LogP contribution is 2.36. The van der Waals surface area contributed by atoms with E-state index in [1.807, 2.05) is 7.05 Å². The Morgan fingerprint density at radius 2 is 1.75 bits per heavy atom. The Morgan fingerprint density at radius 1 is 1.12 bits per heavy atom. The third-order valence-corrected chi connectivity index (χ3v) is 2.86. The molecule has 0 bridgehead atoms. The van der Waals surface area contributed by atoms with Gasteiger partial charge in [-0.2, -0.15) is 0 Å². The lowest BCUT2D eigenvalue weighted by molar-refractivity contribution is 0.201. The highest BCUT2D eigenvalue weighted by atomic mass is 16.5. The van der Waals surface area contributed by atoms with Gasteiger partial charge in [0.15, 0.2) is 0 Å². The zero-order chi connectivity index (χ0) is 12.3. The minimum Gasteiger partial charge on any atom is -0.494 e. The summed E-state index contributed by atoms with van der Waals surface area (Å²) in [5.74, 6) is 0.942. The molecule has 3 nitrogen and oxygen atoms in total. The molecule has 0 heterocycles. The lowest BCUT2D eigenvalue weighted by Crippen LogP contribution is -2.21. The first-order valence-corrected chi connectivity index (χ1v) is 5.37. The summed E-state index contributed by atoms with van der Waals surface area (Å²) in [6.07, 6.45) is 0. The predicted octanol–water partition coefficient (Wildman–Crippen LogP) is 2.66. The third-order valence-electron chi connectivity index (χ3n) is 2.86. The van der Waals surface area contributed by atoms with Gasteiger partial charge in [0.2, 0.25) is 0 Å². The number of aryl methyl sites for hydroxylation is 2. The first-order valence-electron chi connectivity index (χ1n) is 5.37. The first kappa shape index (κ1) is 12.8. The number of hydrogen-bond donors (Lipinski definition) is 0. The molecule has 0 aromatic heterocycles. The van der Waals surface area contributed by atoms with Crippen LogP contribution in [0.25, 0.3) is 0 Å². The molecule has 0 saturated heterocycles. The number of nitrogens with zero attached hydrogens (tertiary/aromatic N) is 1. The minimum absolute atomic E-state index is 0.555. The van der Waals surface area contributed by atoms with Gasteiger partial charge in [0.1, 0.15) is 12.5 Å². The number of anilines is 1. The second kappa shape index (κ2) is 5.21. The average molecular weight is 223 g/mol. The maximum Gasteiger partial charge on any atom is 0.145 e. The molecule has 0 saturated carbocycles. The molecule has 16 heavy (non-hydrogen) atoms. The van der Waals surface area contributed by atoms with Crippen LogP contribution in [0.4, 0.5) is 5.69 Å². The van der Waals surface area contributed by atoms with Crippen molar-refractivity contribution in [2.75, 3.05) is 32.9 Å². The van der Waals surface area contributed by atoms with E-state index in [0.29, 0.717) is 6.73 Å². The molecule has 0 amide bonds. The van der Waals surface area contributed by atoms with Crippen LogP contribution in [0.15, 0.2) is 6.07 Å². The zero-order valence-electron chi connectivity index (χ0n) is 11.0. The predicted molar refractivity (Wildman–Crippen MR) is 67.5 cm³/mol. The fourth-order valence-corrected chi connectivity index (χ4v) is 2.02. The van der Waals surface area contributed by atoms with E-state index in [1.54, 1.807) is 14.2 Å². The van der Waals surface area contributed by atoms with Crippen LogP contribution >= 0.6 is 0 Å². The van der Waals surface area contributed by atoms with Crippen LogP contribution in [0.5, 0.6) is 5.75 Å². The van der Waals surface area contributed by atoms with Crippen LogP contribution in [0.3, 0.4) is 0 Å². The maximum atomic E-state index is 5.51. The van der Waals surface area contributed by atoms with Gasteiger partial charge in [0, 0.05) is 14.2 Å². The molecule has 0 atom stereocenters. The van der Waals surface area contributed by atoms with Crippen LogP contribution in [0, 0.1) is 20.8 Å². The molecule has 90 valence electrons. The van der Waals surface area contributed by atoms with Gasteiger partial charge in [-0.1, -0.05) is 6.07 Å². The zero-order valence-corrected chi connectivity index (χ0v) is 11.0. The number of benzene rings is 1. The Kier molecular flexibility index (Phi) is 4.19. The third kappa shape index (κ3) is 2.30. The largest absolute Gasteiger partial charge is 0.494 e. The number of methoxy groups -OCH3 is 2. The van der Waals surface area contributed by atoms with Crippen molar-refractivity contribution in [3.63, 3.8) is 0 Å². The van der Waals surface area contributed by atoms with Gasteiger partial charge in [0.25, 0.3) is 0 Å². The Morgan fingerprint density at radius 3 is 2.25 bits per heavy atom. The van der Waals surface area contributed by atoms with E-state index in [4.69, 9.17) is 9.47 Å². The molecule has 3 heteroatoms. The molecule has 1 rings (SSSR count). The molecule has 0 aliphatic carbocycles. The Bertz CT molecular complexity index is 375. The second-order valence-electron chi connectivity index (χ2n) is 4.13. The molecule has 0 unspecified atom stereocenters. The summed E-state index contributed by atoms with van der Waals surface area (Å²) < 4.78 is 10.7. The second-order valence-corrected chi connectivity index (χ2v) is 4.13. The highest BCUT2D eigenvalue weighted by molar-refractivity contribution is 5.67. The molecule has 0 N–H and O–H groups in total. The molecule has 0 aliphatic heterocycles. The number of rotatable bonds is 4. The van der Waals surface area contributed by atoms with E-state index in [9.17, 15) is 0 Å². The fourth-order valence-electron chi connectivity index (χ4n) is 2.02. The first-order chi connectivity index (χ1) is 7.52. The van der Waals surface area contributed by atoms with Crippen molar-refractivity contribution in [2.45, 2.75) is 20.8 Å². The maximum absolute atomic E-state index is 5.51. The minimum atomic E-state index is 0.555. The van der Waals surface area contributed by atoms with Gasteiger partial charge in [-0.05, 0) is 37.5 Å². The number of ether oxygens (including phenoxy) is 2. The van der Waals surface area contributed by atoms with Gasteiger partial charge in [-0.3, -0.25) is 0 Å². The lowest BCUT2D eigenvalue weighted by atomic mass is 10.0. The highest BCUT2D eigenvalue weighted by Gasteiger charge is 2.15. The van der Waals surface area contributed by atoms with E-state index in [2.05, 4.69) is 31.7 Å². The summed E-state index contributed by atoms with van der Waals surface area (Å²) in [5, 5.41) is 0. The van der Waals surface area contributed by atoms with Crippen LogP contribution in [-0.4, -0.2) is 28.0 Å². The summed E-state index contributed by atoms with van der Waals surface area (Å²) in [7, 11) is 5.41. The smallest absolute Gasteiger partial charge is 0.145 e. The quantitative estimate of drug-likeness (QED) is 0.732. The van der Waals surface area contributed by atoms with Gasteiger partial charge < -0.3 is 14.4 Å². The van der Waals surface area contributed by atoms with Crippen molar-refractivity contribution in [2.24, 2.45) is 0 Å². The molecule has 1 aromatic rings. The molecule has 0 fully saturated rings. The molecular weight excluding hydrogens is 202 g/mol. The van der Waals surface area contributed by atoms with Crippen molar-refractivity contribution < 1.29 is 9.47 Å². The Labute approximate surface area is 98.0 Å². The average Bonchev–Trinajstić information content (AvgIpc) is 2.23. The molecule has 0 spiro atoms. The standard InChI is InChI=1S/C13H21NO2/c1-9-7-10(2)12(14(4)8-15-5)13(16-6)11(9)3/h7H,8H2,1-6H3. The lowest BCUT2D eigenvalue weighted by Gasteiger charge is -2.25. The van der Waals surface area contributed by atoms with Gasteiger partial charge in [-0.25, -0.2) is 0 Å². The summed E-state index contributed by atoms with van der Waals surface area (Å²) in [4.78, 5) is 2.06. The van der Waals surface area contributed by atoms with Crippen LogP contribution < -0.4 is 9.64 Å². The van der Waals surface area contributed by atoms with E-state index >= 15 is 0 Å². The van der Waals surface area contributed by atoms with E-state index in [-0.39, 0.29) is 0 Å². The summed E-state index contributed by atoms with van der Waals surface area (Å²) in [5.41, 5.74) is 4.75. The monoisotopic (exact) mass is 223 g/mol. The summed E-state index contributed by atoms with van der Waals surface area (Å²) >= 11 is 0. The van der Waals surface area contributed by atoms with Gasteiger partial charge in [-0.15, -0.1) is 0 Å². The van der Waals surface area contributed by atoms with Crippen LogP contribution in [-0.2, 0) is 4.74 Å². The van der Waals surface area contributed by atoms with E-state index in [0.717, 1.165) is 11.4 Å². The normalized spacial score (nSPS) is 10.4. The van der Waals surface area contributed by atoms with Gasteiger partial charge in [0.05, 0.1) is 12.8 Å². The molecule has 0 radical (unpaired) electrons. The summed E-state index contributed by atoms with van der Waals surface area (Å²) in [6, 6.07) is 2.18. The van der Waals surface area contributed by atoms with Crippen molar-refractivity contribution in [1.82, 2.24) is 0 Å². The van der Waals surface area contributed by atoms with E-state index < -0.39 is 0 Å². The van der Waals surface area contributed by atoms with E-state index in [1.165, 1.54) is 16.7 Å². The van der Waals surface area contributed by atoms with Crippen molar-refractivity contribution in [1.29, 1.82) is 0 Å². The molecular formula is C13H21NO2.